The summed E-state index contributed by atoms with van der Waals surface area (Å²) in [5, 5.41) is 1.81. The van der Waals surface area contributed by atoms with Crippen molar-refractivity contribution in [1.29, 1.82) is 0 Å². The number of alkyl halides is 18. The second-order valence-corrected chi connectivity index (χ2v) is 7.04. The van der Waals surface area contributed by atoms with Gasteiger partial charge in [-0.15, -0.1) is 11.6 Å². The molecule has 1 rings (SSSR count). The number of amides is 1. The molecule has 0 aromatic heterocycles. The molecule has 0 unspecified atom stereocenters. The van der Waals surface area contributed by atoms with E-state index in [1.54, 1.807) is 0 Å². The van der Waals surface area contributed by atoms with Gasteiger partial charge in [-0.25, -0.2) is 0 Å². The summed E-state index contributed by atoms with van der Waals surface area (Å²) >= 11 is 5.07. The lowest BCUT2D eigenvalue weighted by Gasteiger charge is -2.42. The van der Waals surface area contributed by atoms with Crippen molar-refractivity contribution in [2.45, 2.75) is 47.6 Å². The van der Waals surface area contributed by atoms with Crippen LogP contribution in [0.4, 0.5) is 80.3 Å². The molecule has 0 bridgehead atoms. The highest BCUT2D eigenvalue weighted by Crippen LogP contribution is 2.65. The predicted octanol–water partition coefficient (Wildman–Crippen LogP) is 7.33. The topological polar surface area (TPSA) is 29.1 Å². The number of hydrogen-bond donors (Lipinski definition) is 1. The highest BCUT2D eigenvalue weighted by Gasteiger charge is 2.95. The van der Waals surface area contributed by atoms with Crippen LogP contribution in [0.3, 0.4) is 0 Å². The fraction of sp³-hybridized carbons (Fsp3) is 0.562. The monoisotopic (exact) mass is 587 g/mol. The Hall–Kier alpha value is -2.21. The van der Waals surface area contributed by atoms with Gasteiger partial charge in [0.2, 0.25) is 5.91 Å². The standard InChI is InChI=1S/C16H7ClF17NO/c17-5-8(36)35-7-3-1-6(2-4-7)9(18,19)10(20,21)11(22,23)12(24,25)13(26,27)14(28,29)15(30,31)16(32,33)34/h1-4H,5H2,(H,35,36). The molecule has 1 aromatic rings. The van der Waals surface area contributed by atoms with Crippen LogP contribution in [0.1, 0.15) is 5.56 Å². The van der Waals surface area contributed by atoms with Crippen molar-refractivity contribution in [2.24, 2.45) is 0 Å². The minimum atomic E-state index is -8.68. The molecular formula is C16H7ClF17NO. The number of rotatable bonds is 9. The molecule has 1 aromatic carbocycles. The van der Waals surface area contributed by atoms with E-state index in [-0.39, 0.29) is 24.3 Å². The second-order valence-electron chi connectivity index (χ2n) is 6.78. The molecule has 0 saturated carbocycles. The number of hydrogen-bond acceptors (Lipinski definition) is 1. The van der Waals surface area contributed by atoms with E-state index < -0.39 is 70.7 Å². The first-order valence-corrected chi connectivity index (χ1v) is 8.89. The number of carbonyl (C=O) groups excluding carboxylic acids is 1. The molecule has 0 aliphatic carbocycles. The summed E-state index contributed by atoms with van der Waals surface area (Å²) in [7, 11) is 0. The van der Waals surface area contributed by atoms with Crippen molar-refractivity contribution < 1.29 is 79.4 Å². The molecule has 0 saturated heterocycles. The van der Waals surface area contributed by atoms with E-state index >= 15 is 0 Å². The predicted molar refractivity (Wildman–Crippen MR) is 85.4 cm³/mol. The third kappa shape index (κ3) is 4.40. The van der Waals surface area contributed by atoms with E-state index in [0.29, 0.717) is 0 Å². The van der Waals surface area contributed by atoms with Crippen LogP contribution in [-0.4, -0.2) is 53.5 Å². The van der Waals surface area contributed by atoms with Gasteiger partial charge < -0.3 is 5.32 Å². The summed E-state index contributed by atoms with van der Waals surface area (Å²) in [4.78, 5) is 11.0. The average molecular weight is 588 g/mol. The molecule has 36 heavy (non-hydrogen) atoms. The highest BCUT2D eigenvalue weighted by atomic mass is 35.5. The molecule has 0 aliphatic heterocycles. The van der Waals surface area contributed by atoms with Crippen molar-refractivity contribution in [3.05, 3.63) is 29.8 Å². The zero-order valence-electron chi connectivity index (χ0n) is 16.2. The maximum absolute atomic E-state index is 14.1. The minimum absolute atomic E-state index is 0.253. The van der Waals surface area contributed by atoms with Gasteiger partial charge in [0.25, 0.3) is 0 Å². The largest absolute Gasteiger partial charge is 0.460 e. The molecule has 0 atom stereocenters. The van der Waals surface area contributed by atoms with Crippen LogP contribution in [0.25, 0.3) is 0 Å². The Labute approximate surface area is 192 Å². The van der Waals surface area contributed by atoms with Gasteiger partial charge in [0, 0.05) is 11.3 Å². The van der Waals surface area contributed by atoms with Crippen molar-refractivity contribution in [1.82, 2.24) is 0 Å². The first-order chi connectivity index (χ1) is 15.7. The van der Waals surface area contributed by atoms with E-state index in [4.69, 9.17) is 11.6 Å². The van der Waals surface area contributed by atoms with Crippen molar-refractivity contribution in [3.63, 3.8) is 0 Å². The normalized spacial score (nSPS) is 15.2. The number of halogens is 18. The Morgan fingerprint density at radius 2 is 0.917 bits per heavy atom. The number of anilines is 1. The van der Waals surface area contributed by atoms with E-state index in [2.05, 4.69) is 0 Å². The van der Waals surface area contributed by atoms with Crippen molar-refractivity contribution in [3.8, 4) is 0 Å². The Balaban J connectivity index is 3.61. The molecule has 20 heteroatoms. The van der Waals surface area contributed by atoms with Crippen LogP contribution in [-0.2, 0) is 10.7 Å². The van der Waals surface area contributed by atoms with Gasteiger partial charge in [-0.05, 0) is 12.1 Å². The van der Waals surface area contributed by atoms with Gasteiger partial charge >= 0.3 is 47.6 Å². The molecule has 2 nitrogen and oxygen atoms in total. The lowest BCUT2D eigenvalue weighted by atomic mass is 9.87. The maximum atomic E-state index is 14.1. The van der Waals surface area contributed by atoms with E-state index in [1.807, 2.05) is 5.32 Å². The van der Waals surface area contributed by atoms with Crippen LogP contribution in [0.5, 0.6) is 0 Å². The fourth-order valence-electron chi connectivity index (χ4n) is 2.30. The lowest BCUT2D eigenvalue weighted by molar-refractivity contribution is -0.462. The van der Waals surface area contributed by atoms with Gasteiger partial charge in [-0.3, -0.25) is 4.79 Å². The number of benzene rings is 1. The third-order valence-electron chi connectivity index (χ3n) is 4.37. The zero-order valence-corrected chi connectivity index (χ0v) is 17.0. The van der Waals surface area contributed by atoms with E-state index in [9.17, 15) is 79.4 Å². The van der Waals surface area contributed by atoms with Crippen LogP contribution in [0.2, 0.25) is 0 Å². The first kappa shape index (κ1) is 31.8. The Bertz CT molecular complexity index is 954. The molecular weight excluding hydrogens is 581 g/mol. The minimum Gasteiger partial charge on any atom is -0.325 e. The SMILES string of the molecule is O=C(CCl)Nc1ccc(C(F)(F)C(F)(F)C(F)(F)C(F)(F)C(F)(F)C(F)(F)C(F)(F)C(F)(F)F)cc1. The Morgan fingerprint density at radius 1 is 0.583 bits per heavy atom. The summed E-state index contributed by atoms with van der Waals surface area (Å²) in [6, 6.07) is 0.00640. The summed E-state index contributed by atoms with van der Waals surface area (Å²) in [6.07, 6.45) is -7.81. The number of nitrogens with one attached hydrogen (secondary N) is 1. The van der Waals surface area contributed by atoms with Crippen molar-refractivity contribution >= 4 is 23.2 Å². The quantitative estimate of drug-likeness (QED) is 0.238. The van der Waals surface area contributed by atoms with Crippen LogP contribution in [0, 0.1) is 0 Å². The smallest absolute Gasteiger partial charge is 0.325 e. The summed E-state index contributed by atoms with van der Waals surface area (Å²) in [6.45, 7) is 0. The van der Waals surface area contributed by atoms with E-state index in [1.165, 1.54) is 0 Å². The highest BCUT2D eigenvalue weighted by molar-refractivity contribution is 6.29. The van der Waals surface area contributed by atoms with Crippen LogP contribution >= 0.6 is 11.6 Å². The Kier molecular flexibility index (Phi) is 7.93. The molecule has 1 amide bonds. The lowest BCUT2D eigenvalue weighted by Crippen LogP contribution is -2.74. The van der Waals surface area contributed by atoms with Gasteiger partial charge in [0.05, 0.1) is 0 Å². The van der Waals surface area contributed by atoms with Crippen LogP contribution < -0.4 is 5.32 Å². The average Bonchev–Trinajstić information content (AvgIpc) is 2.72. The molecule has 0 heterocycles. The van der Waals surface area contributed by atoms with Gasteiger partial charge in [0.15, 0.2) is 0 Å². The third-order valence-corrected chi connectivity index (χ3v) is 4.62. The van der Waals surface area contributed by atoms with E-state index in [0.717, 1.165) is 0 Å². The molecule has 0 aliphatic rings. The van der Waals surface area contributed by atoms with Gasteiger partial charge in [-0.1, -0.05) is 12.1 Å². The molecule has 0 radical (unpaired) electrons. The van der Waals surface area contributed by atoms with Crippen molar-refractivity contribution in [2.75, 3.05) is 11.2 Å². The molecule has 1 N–H and O–H groups in total. The first-order valence-electron chi connectivity index (χ1n) is 8.36. The fourth-order valence-corrected chi connectivity index (χ4v) is 2.37. The Morgan fingerprint density at radius 3 is 1.25 bits per heavy atom. The van der Waals surface area contributed by atoms with Gasteiger partial charge in [-0.2, -0.15) is 74.6 Å². The number of carbonyl (C=O) groups is 1. The summed E-state index contributed by atoms with van der Waals surface area (Å²) in [5.74, 6) is -58.7. The molecule has 0 spiro atoms. The van der Waals surface area contributed by atoms with Crippen LogP contribution in [0.15, 0.2) is 24.3 Å². The summed E-state index contributed by atoms with van der Waals surface area (Å²) < 4.78 is 226. The zero-order chi connectivity index (χ0) is 29.0. The molecule has 208 valence electrons. The maximum Gasteiger partial charge on any atom is 0.460 e. The second kappa shape index (κ2) is 8.97. The summed E-state index contributed by atoms with van der Waals surface area (Å²) in [5.41, 5.74) is -2.93. The molecule has 0 fully saturated rings. The van der Waals surface area contributed by atoms with Gasteiger partial charge in [0.1, 0.15) is 5.88 Å².